The molecule has 34 heavy (non-hydrogen) atoms. The van der Waals surface area contributed by atoms with E-state index in [0.717, 1.165) is 0 Å². The van der Waals surface area contributed by atoms with Crippen LogP contribution in [0.3, 0.4) is 0 Å². The van der Waals surface area contributed by atoms with Crippen molar-refractivity contribution in [2.45, 2.75) is 47.3 Å². The topological polar surface area (TPSA) is 217 Å². The monoisotopic (exact) mass is 686 g/mol. The fraction of sp³-hybridized carbons (Fsp3) is 0.250. The van der Waals surface area contributed by atoms with Crippen LogP contribution in [0.25, 0.3) is 11.1 Å². The van der Waals surface area contributed by atoms with E-state index in [4.69, 9.17) is 0 Å². The Morgan fingerprint density at radius 3 is 0.824 bits per heavy atom. The lowest BCUT2D eigenvalue weighted by Crippen LogP contribution is -2.17. The Morgan fingerprint density at radius 1 is 0.441 bits per heavy atom. The van der Waals surface area contributed by atoms with Gasteiger partial charge in [-0.05, 0) is 81.8 Å². The van der Waals surface area contributed by atoms with E-state index < -0.39 is 80.1 Å². The van der Waals surface area contributed by atoms with Gasteiger partial charge in [0.05, 0.1) is 0 Å². The molecule has 0 aromatic heterocycles. The summed E-state index contributed by atoms with van der Waals surface area (Å²) in [4.78, 5) is -5.69. The molecule has 2 aromatic carbocycles. The summed E-state index contributed by atoms with van der Waals surface area (Å²) in [5, 5.41) is 0. The number of halogens is 2. The third kappa shape index (κ3) is 4.97. The Bertz CT molecular complexity index is 1560. The van der Waals surface area contributed by atoms with E-state index >= 15 is 0 Å². The van der Waals surface area contributed by atoms with E-state index in [-0.39, 0.29) is 22.3 Å². The summed E-state index contributed by atoms with van der Waals surface area (Å²) < 4.78 is 136. The van der Waals surface area contributed by atoms with Crippen molar-refractivity contribution >= 4 is 72.3 Å². The van der Waals surface area contributed by atoms with E-state index in [1.54, 1.807) is 0 Å². The SMILES string of the molecule is Cc1c(C)c(-c2c(C)c(C)c(Br)c(S(=O)(=O)O)c2S(=O)(=O)O)c(S(=O)(=O)O)c(S(=O)(=O)O)c1Br. The molecular formula is C16H16Br2O12S4. The summed E-state index contributed by atoms with van der Waals surface area (Å²) in [5.74, 6) is 0. The molecule has 0 atom stereocenters. The molecule has 0 radical (unpaired) electrons. The highest BCUT2D eigenvalue weighted by molar-refractivity contribution is 9.10. The second-order valence-electron chi connectivity index (χ2n) is 7.09. The van der Waals surface area contributed by atoms with Crippen molar-refractivity contribution in [1.82, 2.24) is 0 Å². The maximum absolute atomic E-state index is 12.4. The van der Waals surface area contributed by atoms with Crippen LogP contribution in [-0.4, -0.2) is 51.9 Å². The van der Waals surface area contributed by atoms with Crippen molar-refractivity contribution in [2.75, 3.05) is 0 Å². The smallest absolute Gasteiger partial charge is 0.282 e. The molecule has 0 saturated carbocycles. The quantitative estimate of drug-likeness (QED) is 0.333. The highest BCUT2D eigenvalue weighted by atomic mass is 79.9. The lowest BCUT2D eigenvalue weighted by atomic mass is 9.91. The van der Waals surface area contributed by atoms with E-state index in [9.17, 15) is 51.9 Å². The van der Waals surface area contributed by atoms with E-state index in [1.807, 2.05) is 0 Å². The van der Waals surface area contributed by atoms with Crippen molar-refractivity contribution < 1.29 is 51.9 Å². The first-order valence-corrected chi connectivity index (χ1v) is 15.9. The van der Waals surface area contributed by atoms with Crippen molar-refractivity contribution in [3.05, 3.63) is 31.2 Å². The molecule has 0 fully saturated rings. The summed E-state index contributed by atoms with van der Waals surface area (Å²) in [5.41, 5.74) is -2.15. The van der Waals surface area contributed by atoms with Gasteiger partial charge < -0.3 is 0 Å². The van der Waals surface area contributed by atoms with E-state index in [2.05, 4.69) is 31.9 Å². The molecule has 0 saturated heterocycles. The molecule has 18 heteroatoms. The largest absolute Gasteiger partial charge is 0.297 e. The lowest BCUT2D eigenvalue weighted by Gasteiger charge is -2.24. The first-order valence-electron chi connectivity index (χ1n) is 8.51. The second-order valence-corrected chi connectivity index (χ2v) is 14.1. The van der Waals surface area contributed by atoms with Gasteiger partial charge in [-0.3, -0.25) is 18.2 Å². The van der Waals surface area contributed by atoms with Gasteiger partial charge in [0, 0.05) is 20.1 Å². The predicted molar refractivity (Wildman–Crippen MR) is 125 cm³/mol. The third-order valence-electron chi connectivity index (χ3n) is 5.08. The Kier molecular flexibility index (Phi) is 7.62. The van der Waals surface area contributed by atoms with Crippen LogP contribution in [0.4, 0.5) is 0 Å². The number of hydrogen-bond donors (Lipinski definition) is 4. The minimum absolute atomic E-state index is 0.0512. The van der Waals surface area contributed by atoms with Gasteiger partial charge in [0.15, 0.2) is 0 Å². The van der Waals surface area contributed by atoms with Gasteiger partial charge in [-0.2, -0.15) is 33.7 Å². The van der Waals surface area contributed by atoms with Gasteiger partial charge >= 0.3 is 0 Å². The fourth-order valence-electron chi connectivity index (χ4n) is 3.37. The molecule has 0 amide bonds. The standard InChI is InChI=1S/C16H16Br2O12S4/c1-5-7(3)11(17)15(33(25,26)27)13(31(19,20)21)9(5)10-6(2)8(4)12(18)16(34(28,29)30)14(10)32(22,23)24/h1-4H3,(H,19,20,21)(H,22,23,24)(H,25,26,27)(H,28,29,30). The van der Waals surface area contributed by atoms with Crippen LogP contribution in [0.1, 0.15) is 22.3 Å². The molecule has 0 bridgehead atoms. The summed E-state index contributed by atoms with van der Waals surface area (Å²) in [6.07, 6.45) is 0. The van der Waals surface area contributed by atoms with E-state index in [0.29, 0.717) is 0 Å². The zero-order chi connectivity index (χ0) is 26.9. The molecular weight excluding hydrogens is 672 g/mol. The number of benzene rings is 2. The highest BCUT2D eigenvalue weighted by Gasteiger charge is 2.39. The Hall–Kier alpha value is -0.960. The average molecular weight is 688 g/mol. The zero-order valence-electron chi connectivity index (χ0n) is 17.4. The molecule has 0 unspecified atom stereocenters. The van der Waals surface area contributed by atoms with Gasteiger partial charge in [-0.25, -0.2) is 0 Å². The summed E-state index contributed by atoms with van der Waals surface area (Å²) in [6, 6.07) is 0. The predicted octanol–water partition coefficient (Wildman–Crippen LogP) is 3.10. The van der Waals surface area contributed by atoms with Crippen LogP contribution in [-0.2, 0) is 40.5 Å². The Labute approximate surface area is 212 Å². The van der Waals surface area contributed by atoms with Crippen molar-refractivity contribution in [3.8, 4) is 11.1 Å². The van der Waals surface area contributed by atoms with E-state index in [1.165, 1.54) is 27.7 Å². The highest BCUT2D eigenvalue weighted by Crippen LogP contribution is 2.48. The molecule has 4 N–H and O–H groups in total. The molecule has 0 aliphatic heterocycles. The first kappa shape index (κ1) is 29.3. The van der Waals surface area contributed by atoms with Crippen LogP contribution in [0.5, 0.6) is 0 Å². The Morgan fingerprint density at radius 2 is 0.647 bits per heavy atom. The van der Waals surface area contributed by atoms with Crippen molar-refractivity contribution in [2.24, 2.45) is 0 Å². The van der Waals surface area contributed by atoms with Crippen LogP contribution < -0.4 is 0 Å². The third-order valence-corrected chi connectivity index (χ3v) is 11.5. The molecule has 2 rings (SSSR count). The Balaban J connectivity index is 3.65. The van der Waals surface area contributed by atoms with Crippen molar-refractivity contribution in [1.29, 1.82) is 0 Å². The molecule has 0 heterocycles. The number of rotatable bonds is 5. The maximum Gasteiger partial charge on any atom is 0.297 e. The zero-order valence-corrected chi connectivity index (χ0v) is 23.9. The van der Waals surface area contributed by atoms with Gasteiger partial charge in [0.25, 0.3) is 40.5 Å². The normalized spacial score (nSPS) is 13.4. The van der Waals surface area contributed by atoms with Gasteiger partial charge in [-0.1, -0.05) is 0 Å². The maximum atomic E-state index is 12.4. The minimum atomic E-state index is -5.58. The molecule has 2 aromatic rings. The summed E-state index contributed by atoms with van der Waals surface area (Å²) in [6.45, 7) is 4.89. The second kappa shape index (κ2) is 8.86. The van der Waals surface area contributed by atoms with Crippen LogP contribution in [0.2, 0.25) is 0 Å². The first-order chi connectivity index (χ1) is 15.0. The van der Waals surface area contributed by atoms with Crippen LogP contribution in [0, 0.1) is 27.7 Å². The van der Waals surface area contributed by atoms with Gasteiger partial charge in [-0.15, -0.1) is 0 Å². The summed E-state index contributed by atoms with van der Waals surface area (Å²) in [7, 11) is -22.0. The number of hydrogen-bond acceptors (Lipinski definition) is 8. The molecule has 12 nitrogen and oxygen atoms in total. The van der Waals surface area contributed by atoms with Gasteiger partial charge in [0.1, 0.15) is 19.6 Å². The molecule has 0 aliphatic carbocycles. The average Bonchev–Trinajstić information content (AvgIpc) is 2.60. The molecule has 190 valence electrons. The van der Waals surface area contributed by atoms with Crippen molar-refractivity contribution in [3.63, 3.8) is 0 Å². The molecule has 0 aliphatic rings. The fourth-order valence-corrected chi connectivity index (χ4v) is 10.2. The van der Waals surface area contributed by atoms with Crippen LogP contribution in [0.15, 0.2) is 28.5 Å². The lowest BCUT2D eigenvalue weighted by molar-refractivity contribution is 0.464. The minimum Gasteiger partial charge on any atom is -0.282 e. The van der Waals surface area contributed by atoms with Crippen LogP contribution >= 0.6 is 31.9 Å². The van der Waals surface area contributed by atoms with Gasteiger partial charge in [0.2, 0.25) is 0 Å². The molecule has 0 spiro atoms. The summed E-state index contributed by atoms with van der Waals surface area (Å²) >= 11 is 5.68.